The van der Waals surface area contributed by atoms with Gasteiger partial charge in [-0.3, -0.25) is 0 Å². The number of unbranched alkanes of at least 4 members (excludes halogenated alkanes) is 40. The number of nitrogens with zero attached hydrogens (tertiary/aromatic N) is 2. The van der Waals surface area contributed by atoms with Crippen molar-refractivity contribution in [1.82, 2.24) is 0 Å². The Morgan fingerprint density at radius 3 is 0.552 bits per heavy atom. The van der Waals surface area contributed by atoms with Crippen LogP contribution in [0.15, 0.2) is 48.5 Å². The van der Waals surface area contributed by atoms with Gasteiger partial charge in [0.1, 0.15) is 0 Å². The van der Waals surface area contributed by atoms with E-state index >= 15 is 0 Å². The molecule has 2 nitrogen and oxygen atoms in total. The fraction of sp³-hybridized carbons (Fsp3) is 0.815. The molecule has 0 amide bonds. The maximum atomic E-state index is 2.72. The summed E-state index contributed by atoms with van der Waals surface area (Å²) in [7, 11) is 0. The van der Waals surface area contributed by atoms with Crippen molar-refractivity contribution >= 4 is 11.4 Å². The topological polar surface area (TPSA) is 6.48 Å². The van der Waals surface area contributed by atoms with Crippen molar-refractivity contribution in [3.8, 4) is 0 Å². The van der Waals surface area contributed by atoms with Gasteiger partial charge in [-0.15, -0.1) is 0 Å². The summed E-state index contributed by atoms with van der Waals surface area (Å²) in [6.07, 6.45) is 63.4. The number of hydrogen-bond donors (Lipinski definition) is 0. The molecule has 0 fully saturated rings. The molecular formula is C65H118N2. The molecule has 0 unspecified atom stereocenters. The van der Waals surface area contributed by atoms with Gasteiger partial charge in [0.2, 0.25) is 0 Å². The first kappa shape index (κ1) is 61.2. The van der Waals surface area contributed by atoms with Gasteiger partial charge in [-0.2, -0.15) is 0 Å². The lowest BCUT2D eigenvalue weighted by Gasteiger charge is -2.26. The smallest absolute Gasteiger partial charge is 0.0366 e. The molecule has 0 spiro atoms. The van der Waals surface area contributed by atoms with E-state index in [4.69, 9.17) is 0 Å². The Bertz CT molecular complexity index is 1150. The summed E-state index contributed by atoms with van der Waals surface area (Å²) < 4.78 is 0. The Balaban J connectivity index is 1.77. The lowest BCUT2D eigenvalue weighted by molar-refractivity contribution is 0.528. The molecule has 0 N–H and O–H groups in total. The molecule has 0 saturated heterocycles. The van der Waals surface area contributed by atoms with Crippen LogP contribution in [0.25, 0.3) is 0 Å². The standard InChI is InChI=1S/C65H118N2/c1-5-9-13-17-21-23-25-27-29-31-33-35-37-39-43-47-59-66(57-45-41-19-15-11-7-3)64-53-49-62(50-54-64)61-63-51-55-65(56-52-63)67(58-46-42-20-16-12-8-4)60-48-44-40-38-36-34-32-30-28-26-24-22-18-14-10-6-2/h49-56H,5-48,57-61H2,1-4H3. The van der Waals surface area contributed by atoms with Gasteiger partial charge in [0.15, 0.2) is 0 Å². The third-order valence-corrected chi connectivity index (χ3v) is 15.1. The zero-order valence-corrected chi connectivity index (χ0v) is 46.2. The molecule has 0 aliphatic rings. The highest BCUT2D eigenvalue weighted by atomic mass is 15.1. The number of hydrogen-bond acceptors (Lipinski definition) is 2. The minimum absolute atomic E-state index is 1.02. The van der Waals surface area contributed by atoms with E-state index in [1.54, 1.807) is 0 Å². The second-order valence-electron chi connectivity index (χ2n) is 21.6. The fourth-order valence-electron chi connectivity index (χ4n) is 10.5. The molecule has 0 aliphatic heterocycles. The third-order valence-electron chi connectivity index (χ3n) is 15.1. The lowest BCUT2D eigenvalue weighted by atomic mass is 10.0. The van der Waals surface area contributed by atoms with Gasteiger partial charge in [-0.05, 0) is 67.5 Å². The maximum Gasteiger partial charge on any atom is 0.0366 e. The van der Waals surface area contributed by atoms with Crippen LogP contribution in [0.5, 0.6) is 0 Å². The Hall–Kier alpha value is -1.96. The van der Waals surface area contributed by atoms with Gasteiger partial charge >= 0.3 is 0 Å². The van der Waals surface area contributed by atoms with E-state index in [9.17, 15) is 0 Å². The van der Waals surface area contributed by atoms with E-state index in [0.717, 1.165) is 6.42 Å². The van der Waals surface area contributed by atoms with Gasteiger partial charge in [-0.1, -0.05) is 309 Å². The quantitative estimate of drug-likeness (QED) is 0.0610. The second-order valence-corrected chi connectivity index (χ2v) is 21.6. The van der Waals surface area contributed by atoms with E-state index in [2.05, 4.69) is 86.0 Å². The molecule has 2 aromatic rings. The van der Waals surface area contributed by atoms with Gasteiger partial charge < -0.3 is 9.80 Å². The molecule has 0 radical (unpaired) electrons. The van der Waals surface area contributed by atoms with Crippen molar-refractivity contribution in [3.63, 3.8) is 0 Å². The molecule has 0 aliphatic carbocycles. The van der Waals surface area contributed by atoms with Crippen LogP contribution in [0.4, 0.5) is 11.4 Å². The van der Waals surface area contributed by atoms with Crippen molar-refractivity contribution in [2.75, 3.05) is 36.0 Å². The average Bonchev–Trinajstić information content (AvgIpc) is 3.35. The second kappa shape index (κ2) is 47.7. The Morgan fingerprint density at radius 2 is 0.373 bits per heavy atom. The summed E-state index contributed by atoms with van der Waals surface area (Å²) in [6, 6.07) is 19.4. The van der Waals surface area contributed by atoms with Crippen LogP contribution in [0.1, 0.15) is 321 Å². The number of rotatable bonds is 52. The molecule has 2 aromatic carbocycles. The highest BCUT2D eigenvalue weighted by molar-refractivity contribution is 5.50. The molecule has 0 aromatic heterocycles. The Morgan fingerprint density at radius 1 is 0.209 bits per heavy atom. The first-order valence-electron chi connectivity index (χ1n) is 30.9. The van der Waals surface area contributed by atoms with Crippen molar-refractivity contribution in [1.29, 1.82) is 0 Å². The van der Waals surface area contributed by atoms with Crippen LogP contribution in [0.3, 0.4) is 0 Å². The Kier molecular flexibility index (Phi) is 43.5. The first-order valence-corrected chi connectivity index (χ1v) is 30.9. The summed E-state index contributed by atoms with van der Waals surface area (Å²) in [4.78, 5) is 5.44. The minimum atomic E-state index is 1.02. The molecule has 0 atom stereocenters. The lowest BCUT2D eigenvalue weighted by Crippen LogP contribution is -2.25. The molecule has 0 bridgehead atoms. The van der Waals surface area contributed by atoms with Crippen LogP contribution in [-0.4, -0.2) is 26.2 Å². The first-order chi connectivity index (χ1) is 33.2. The maximum absolute atomic E-state index is 2.72. The third kappa shape index (κ3) is 36.6. The molecule has 388 valence electrons. The predicted molar refractivity (Wildman–Crippen MR) is 306 cm³/mol. The van der Waals surface area contributed by atoms with Gasteiger partial charge in [0.25, 0.3) is 0 Å². The predicted octanol–water partition coefficient (Wildman–Crippen LogP) is 22.1. The highest BCUT2D eigenvalue weighted by Crippen LogP contribution is 2.24. The van der Waals surface area contributed by atoms with Crippen LogP contribution in [0.2, 0.25) is 0 Å². The van der Waals surface area contributed by atoms with Crippen LogP contribution < -0.4 is 9.80 Å². The van der Waals surface area contributed by atoms with Crippen LogP contribution >= 0.6 is 0 Å². The SMILES string of the molecule is CCCCCCCCCCCCCCCCCCN(CCCCCCCC)c1ccc(Cc2ccc(N(CCCCCCCC)CCCCCCCCCCCCCCCCCC)cc2)cc1. The monoisotopic (exact) mass is 927 g/mol. The minimum Gasteiger partial charge on any atom is -0.372 e. The van der Waals surface area contributed by atoms with Gasteiger partial charge in [-0.25, -0.2) is 0 Å². The fourth-order valence-corrected chi connectivity index (χ4v) is 10.5. The van der Waals surface area contributed by atoms with Crippen LogP contribution in [0, 0.1) is 0 Å². The van der Waals surface area contributed by atoms with Crippen LogP contribution in [-0.2, 0) is 6.42 Å². The largest absolute Gasteiger partial charge is 0.372 e. The summed E-state index contributed by atoms with van der Waals surface area (Å²) >= 11 is 0. The molecule has 2 heteroatoms. The molecule has 0 heterocycles. The summed E-state index contributed by atoms with van der Waals surface area (Å²) in [5.41, 5.74) is 5.76. The summed E-state index contributed by atoms with van der Waals surface area (Å²) in [5.74, 6) is 0. The van der Waals surface area contributed by atoms with Crippen molar-refractivity contribution in [3.05, 3.63) is 59.7 Å². The molecular weight excluding hydrogens is 809 g/mol. The van der Waals surface area contributed by atoms with E-state index in [-0.39, 0.29) is 0 Å². The van der Waals surface area contributed by atoms with Gasteiger partial charge in [0.05, 0.1) is 0 Å². The van der Waals surface area contributed by atoms with Crippen molar-refractivity contribution in [2.24, 2.45) is 0 Å². The van der Waals surface area contributed by atoms with Gasteiger partial charge in [0, 0.05) is 37.6 Å². The number of benzene rings is 2. The molecule has 0 saturated carbocycles. The number of anilines is 2. The highest BCUT2D eigenvalue weighted by Gasteiger charge is 2.10. The molecule has 67 heavy (non-hydrogen) atoms. The zero-order chi connectivity index (χ0) is 47.8. The summed E-state index contributed by atoms with van der Waals surface area (Å²) in [5, 5.41) is 0. The zero-order valence-electron chi connectivity index (χ0n) is 46.2. The van der Waals surface area contributed by atoms with E-state index in [1.807, 2.05) is 0 Å². The Labute approximate surface area is 421 Å². The summed E-state index contributed by atoms with van der Waals surface area (Å²) in [6.45, 7) is 14.1. The van der Waals surface area contributed by atoms with Crippen molar-refractivity contribution < 1.29 is 0 Å². The van der Waals surface area contributed by atoms with Crippen molar-refractivity contribution in [2.45, 2.75) is 317 Å². The van der Waals surface area contributed by atoms with E-state index < -0.39 is 0 Å². The average molecular weight is 928 g/mol. The molecule has 2 rings (SSSR count). The van der Waals surface area contributed by atoms with E-state index in [0.29, 0.717) is 0 Å². The van der Waals surface area contributed by atoms with E-state index in [1.165, 1.54) is 331 Å². The normalized spacial score (nSPS) is 11.5.